The number of aromatic nitrogens is 3. The highest BCUT2D eigenvalue weighted by Crippen LogP contribution is 2.32. The summed E-state index contributed by atoms with van der Waals surface area (Å²) in [5.74, 6) is 0.554. The summed E-state index contributed by atoms with van der Waals surface area (Å²) in [6.07, 6.45) is 5.25. The van der Waals surface area contributed by atoms with Crippen molar-refractivity contribution in [2.45, 2.75) is 18.9 Å². The third kappa shape index (κ3) is 5.27. The number of morpholine rings is 1. The van der Waals surface area contributed by atoms with E-state index in [0.717, 1.165) is 62.2 Å². The summed E-state index contributed by atoms with van der Waals surface area (Å²) < 4.78 is 5.36. The predicted octanol–water partition coefficient (Wildman–Crippen LogP) is 3.20. The van der Waals surface area contributed by atoms with E-state index in [0.29, 0.717) is 36.3 Å². The molecule has 0 spiro atoms. The van der Waals surface area contributed by atoms with Gasteiger partial charge in [0.2, 0.25) is 5.95 Å². The van der Waals surface area contributed by atoms with Crippen molar-refractivity contribution in [3.8, 4) is 11.3 Å². The number of nitrogens with one attached hydrogen (secondary N) is 3. The van der Waals surface area contributed by atoms with Crippen LogP contribution in [0.3, 0.4) is 0 Å². The van der Waals surface area contributed by atoms with Crippen LogP contribution in [0, 0.1) is 0 Å². The van der Waals surface area contributed by atoms with E-state index in [9.17, 15) is 4.79 Å². The van der Waals surface area contributed by atoms with Crippen molar-refractivity contribution in [2.24, 2.45) is 0 Å². The quantitative estimate of drug-likeness (QED) is 0.498. The van der Waals surface area contributed by atoms with Crippen molar-refractivity contribution in [3.05, 3.63) is 41.7 Å². The zero-order chi connectivity index (χ0) is 23.3. The minimum absolute atomic E-state index is 0.0103. The van der Waals surface area contributed by atoms with Crippen molar-refractivity contribution < 1.29 is 9.53 Å². The Balaban J connectivity index is 1.14. The van der Waals surface area contributed by atoms with Gasteiger partial charge in [0, 0.05) is 68.0 Å². The van der Waals surface area contributed by atoms with Gasteiger partial charge in [-0.3, -0.25) is 4.90 Å². The SMILES string of the molecule is O=C(NCCN1CCOCC1)N1CCC(Nc2ncc(Cl)c(-c3c[nH]c4ccccc34)n2)CC1. The number of amides is 2. The van der Waals surface area contributed by atoms with Crippen LogP contribution in [0.15, 0.2) is 36.7 Å². The van der Waals surface area contributed by atoms with Gasteiger partial charge in [-0.2, -0.15) is 0 Å². The maximum Gasteiger partial charge on any atom is 0.317 e. The van der Waals surface area contributed by atoms with Crippen LogP contribution in [-0.2, 0) is 4.74 Å². The van der Waals surface area contributed by atoms with Crippen LogP contribution in [0.4, 0.5) is 10.7 Å². The average Bonchev–Trinajstić information content (AvgIpc) is 3.30. The number of benzene rings is 1. The van der Waals surface area contributed by atoms with E-state index in [1.54, 1.807) is 6.20 Å². The summed E-state index contributed by atoms with van der Waals surface area (Å²) in [7, 11) is 0. The van der Waals surface area contributed by atoms with Crippen LogP contribution in [0.25, 0.3) is 22.2 Å². The molecule has 0 unspecified atom stereocenters. The molecular formula is C24H30ClN7O2. The second-order valence-corrected chi connectivity index (χ2v) is 9.14. The summed E-state index contributed by atoms with van der Waals surface area (Å²) in [5.41, 5.74) is 2.69. The smallest absolute Gasteiger partial charge is 0.317 e. The molecule has 0 atom stereocenters. The molecular weight excluding hydrogens is 454 g/mol. The lowest BCUT2D eigenvalue weighted by Gasteiger charge is -2.33. The number of carbonyl (C=O) groups is 1. The van der Waals surface area contributed by atoms with E-state index in [2.05, 4.69) is 31.6 Å². The van der Waals surface area contributed by atoms with Crippen molar-refractivity contribution in [2.75, 3.05) is 57.8 Å². The molecule has 0 radical (unpaired) electrons. The Morgan fingerprint density at radius 2 is 1.97 bits per heavy atom. The normalized spacial score (nSPS) is 17.7. The van der Waals surface area contributed by atoms with Crippen LogP contribution >= 0.6 is 11.6 Å². The minimum Gasteiger partial charge on any atom is -0.379 e. The number of H-pyrrole nitrogens is 1. The van der Waals surface area contributed by atoms with E-state index < -0.39 is 0 Å². The van der Waals surface area contributed by atoms with Gasteiger partial charge in [-0.15, -0.1) is 0 Å². The standard InChI is InChI=1S/C24H30ClN7O2/c25-20-16-28-23(30-22(20)19-15-27-21-4-2-1-3-18(19)21)29-17-5-8-32(9-6-17)24(33)26-7-10-31-11-13-34-14-12-31/h1-4,15-17,27H,5-14H2,(H,26,33)(H,28,29,30). The molecule has 0 aliphatic carbocycles. The Morgan fingerprint density at radius 3 is 2.79 bits per heavy atom. The van der Waals surface area contributed by atoms with E-state index >= 15 is 0 Å². The number of fused-ring (bicyclic) bond motifs is 1. The number of hydrogen-bond acceptors (Lipinski definition) is 6. The number of carbonyl (C=O) groups excluding carboxylic acids is 1. The summed E-state index contributed by atoms with van der Waals surface area (Å²) in [5, 5.41) is 8.07. The third-order valence-electron chi connectivity index (χ3n) is 6.51. The predicted molar refractivity (Wildman–Crippen MR) is 133 cm³/mol. The summed E-state index contributed by atoms with van der Waals surface area (Å²) in [6.45, 7) is 6.33. The average molecular weight is 484 g/mol. The zero-order valence-electron chi connectivity index (χ0n) is 19.1. The number of likely N-dealkylation sites (tertiary alicyclic amines) is 1. The molecule has 1 aromatic carbocycles. The molecule has 3 N–H and O–H groups in total. The highest BCUT2D eigenvalue weighted by molar-refractivity contribution is 6.33. The van der Waals surface area contributed by atoms with Crippen LogP contribution in [0.1, 0.15) is 12.8 Å². The molecule has 0 bridgehead atoms. The second-order valence-electron chi connectivity index (χ2n) is 8.73. The van der Waals surface area contributed by atoms with Gasteiger partial charge in [-0.05, 0) is 18.9 Å². The van der Waals surface area contributed by atoms with Gasteiger partial charge in [0.15, 0.2) is 0 Å². The lowest BCUT2D eigenvalue weighted by atomic mass is 10.1. The van der Waals surface area contributed by atoms with Crippen molar-refractivity contribution in [1.29, 1.82) is 0 Å². The number of urea groups is 1. The van der Waals surface area contributed by atoms with Gasteiger partial charge in [0.1, 0.15) is 0 Å². The molecule has 34 heavy (non-hydrogen) atoms. The van der Waals surface area contributed by atoms with E-state index in [1.807, 2.05) is 29.3 Å². The van der Waals surface area contributed by atoms with Crippen LogP contribution < -0.4 is 10.6 Å². The Labute approximate surface area is 203 Å². The topological polar surface area (TPSA) is 98.4 Å². The first-order valence-electron chi connectivity index (χ1n) is 11.9. The Hall–Kier alpha value is -2.88. The van der Waals surface area contributed by atoms with Gasteiger partial charge in [0.25, 0.3) is 0 Å². The minimum atomic E-state index is 0.0103. The number of nitrogens with zero attached hydrogens (tertiary/aromatic N) is 4. The van der Waals surface area contributed by atoms with Gasteiger partial charge in [0.05, 0.1) is 30.1 Å². The molecule has 2 amide bonds. The number of hydrogen-bond donors (Lipinski definition) is 3. The fourth-order valence-electron chi connectivity index (χ4n) is 4.56. The first-order valence-corrected chi connectivity index (χ1v) is 12.2. The molecule has 4 heterocycles. The van der Waals surface area contributed by atoms with Crippen molar-refractivity contribution in [3.63, 3.8) is 0 Å². The molecule has 2 aromatic heterocycles. The molecule has 180 valence electrons. The number of aromatic amines is 1. The number of rotatable bonds is 6. The third-order valence-corrected chi connectivity index (χ3v) is 6.79. The highest BCUT2D eigenvalue weighted by atomic mass is 35.5. The molecule has 9 nitrogen and oxygen atoms in total. The largest absolute Gasteiger partial charge is 0.379 e. The number of ether oxygens (including phenoxy) is 1. The van der Waals surface area contributed by atoms with Crippen LogP contribution in [0.2, 0.25) is 5.02 Å². The first kappa shape index (κ1) is 22.9. The first-order chi connectivity index (χ1) is 16.7. The maximum absolute atomic E-state index is 12.5. The summed E-state index contributed by atoms with van der Waals surface area (Å²) >= 11 is 6.45. The van der Waals surface area contributed by atoms with Crippen LogP contribution in [-0.4, -0.2) is 89.3 Å². The van der Waals surface area contributed by atoms with Crippen molar-refractivity contribution >= 4 is 34.5 Å². The van der Waals surface area contributed by atoms with E-state index in [1.165, 1.54) is 0 Å². The number of piperidine rings is 1. The fraction of sp³-hybridized carbons (Fsp3) is 0.458. The fourth-order valence-corrected chi connectivity index (χ4v) is 4.75. The monoisotopic (exact) mass is 483 g/mol. The zero-order valence-corrected chi connectivity index (χ0v) is 19.9. The Morgan fingerprint density at radius 1 is 1.18 bits per heavy atom. The molecule has 0 saturated carbocycles. The summed E-state index contributed by atoms with van der Waals surface area (Å²) in [4.78, 5) is 29.1. The molecule has 2 aliphatic heterocycles. The van der Waals surface area contributed by atoms with E-state index in [4.69, 9.17) is 21.3 Å². The summed E-state index contributed by atoms with van der Waals surface area (Å²) in [6, 6.07) is 8.29. The Bertz CT molecular complexity index is 1120. The Kier molecular flexibility index (Phi) is 7.13. The molecule has 2 aliphatic rings. The van der Waals surface area contributed by atoms with Gasteiger partial charge in [-0.1, -0.05) is 29.8 Å². The number of anilines is 1. The van der Waals surface area contributed by atoms with Crippen molar-refractivity contribution in [1.82, 2.24) is 30.1 Å². The lowest BCUT2D eigenvalue weighted by Crippen LogP contribution is -2.49. The molecule has 2 saturated heterocycles. The second kappa shape index (κ2) is 10.6. The van der Waals surface area contributed by atoms with Gasteiger partial charge < -0.3 is 25.3 Å². The van der Waals surface area contributed by atoms with E-state index in [-0.39, 0.29) is 12.1 Å². The molecule has 10 heteroatoms. The van der Waals surface area contributed by atoms with Gasteiger partial charge in [-0.25, -0.2) is 14.8 Å². The maximum atomic E-state index is 12.5. The van der Waals surface area contributed by atoms with Gasteiger partial charge >= 0.3 is 6.03 Å². The molecule has 2 fully saturated rings. The molecule has 3 aromatic rings. The highest BCUT2D eigenvalue weighted by Gasteiger charge is 2.24. The number of halogens is 1. The lowest BCUT2D eigenvalue weighted by molar-refractivity contribution is 0.0385. The molecule has 5 rings (SSSR count). The number of para-hydroxylation sites is 1. The van der Waals surface area contributed by atoms with Crippen LogP contribution in [0.5, 0.6) is 0 Å².